The van der Waals surface area contributed by atoms with Gasteiger partial charge in [0.15, 0.2) is 5.75 Å². The lowest BCUT2D eigenvalue weighted by Crippen LogP contribution is -2.19. The molecule has 0 atom stereocenters. The number of ether oxygens (including phenoxy) is 1. The van der Waals surface area contributed by atoms with Gasteiger partial charge in [0.25, 0.3) is 0 Å². The summed E-state index contributed by atoms with van der Waals surface area (Å²) in [5, 5.41) is 4.84. The lowest BCUT2D eigenvalue weighted by Gasteiger charge is -2.10. The molecular formula is C12H14Cl3NO. The van der Waals surface area contributed by atoms with Gasteiger partial charge in [0.2, 0.25) is 0 Å². The SMILES string of the molecule is Clc1cc(Cl)c(OCCCNC2CC2)c(Cl)c1. The molecule has 0 bridgehead atoms. The molecule has 0 saturated heterocycles. The fraction of sp³-hybridized carbons (Fsp3) is 0.500. The maximum atomic E-state index is 6.00. The standard InChI is InChI=1S/C12H14Cl3NO/c13-8-6-10(14)12(11(15)7-8)17-5-1-4-16-9-2-3-9/h6-7,9,16H,1-5H2. The minimum absolute atomic E-state index is 0.456. The molecule has 2 nitrogen and oxygen atoms in total. The zero-order valence-electron chi connectivity index (χ0n) is 9.31. The van der Waals surface area contributed by atoms with Crippen LogP contribution >= 0.6 is 34.8 Å². The first kappa shape index (κ1) is 13.3. The third-order valence-corrected chi connectivity index (χ3v) is 3.32. The highest BCUT2D eigenvalue weighted by atomic mass is 35.5. The van der Waals surface area contributed by atoms with E-state index in [1.165, 1.54) is 12.8 Å². The van der Waals surface area contributed by atoms with Crippen LogP contribution in [0.5, 0.6) is 5.75 Å². The van der Waals surface area contributed by atoms with Crippen molar-refractivity contribution in [3.05, 3.63) is 27.2 Å². The summed E-state index contributed by atoms with van der Waals surface area (Å²) < 4.78 is 5.56. The van der Waals surface area contributed by atoms with E-state index in [0.717, 1.165) is 19.0 Å². The van der Waals surface area contributed by atoms with E-state index in [4.69, 9.17) is 39.5 Å². The fourth-order valence-electron chi connectivity index (χ4n) is 1.51. The van der Waals surface area contributed by atoms with Gasteiger partial charge in [-0.2, -0.15) is 0 Å². The molecule has 1 N–H and O–H groups in total. The minimum atomic E-state index is 0.456. The highest BCUT2D eigenvalue weighted by Gasteiger charge is 2.19. The van der Waals surface area contributed by atoms with E-state index in [0.29, 0.717) is 27.4 Å². The average Bonchev–Trinajstić information content (AvgIpc) is 3.04. The molecule has 2 rings (SSSR count). The zero-order chi connectivity index (χ0) is 12.3. The minimum Gasteiger partial charge on any atom is -0.490 e. The molecule has 0 aliphatic heterocycles. The zero-order valence-corrected chi connectivity index (χ0v) is 11.6. The van der Waals surface area contributed by atoms with Gasteiger partial charge in [0.05, 0.1) is 16.7 Å². The Kier molecular flexibility index (Phi) is 4.80. The number of benzene rings is 1. The summed E-state index contributed by atoms with van der Waals surface area (Å²) in [7, 11) is 0. The summed E-state index contributed by atoms with van der Waals surface area (Å²) in [6.07, 6.45) is 3.54. The first-order chi connectivity index (χ1) is 8.16. The van der Waals surface area contributed by atoms with Crippen LogP contribution in [0.25, 0.3) is 0 Å². The summed E-state index contributed by atoms with van der Waals surface area (Å²) in [4.78, 5) is 0. The highest BCUT2D eigenvalue weighted by molar-refractivity contribution is 6.40. The number of rotatable bonds is 6. The molecule has 17 heavy (non-hydrogen) atoms. The normalized spacial score (nSPS) is 15.0. The first-order valence-electron chi connectivity index (χ1n) is 5.67. The van der Waals surface area contributed by atoms with Gasteiger partial charge < -0.3 is 10.1 Å². The Balaban J connectivity index is 1.77. The maximum Gasteiger partial charge on any atom is 0.156 e. The van der Waals surface area contributed by atoms with E-state index in [-0.39, 0.29) is 0 Å². The van der Waals surface area contributed by atoms with Gasteiger partial charge in [-0.3, -0.25) is 0 Å². The Bertz CT molecular complexity index is 370. The lowest BCUT2D eigenvalue weighted by atomic mass is 10.3. The van der Waals surface area contributed by atoms with Crippen LogP contribution in [0.15, 0.2) is 12.1 Å². The third kappa shape index (κ3) is 4.22. The van der Waals surface area contributed by atoms with E-state index >= 15 is 0 Å². The van der Waals surface area contributed by atoms with Gasteiger partial charge in [-0.1, -0.05) is 34.8 Å². The maximum absolute atomic E-state index is 6.00. The number of hydrogen-bond donors (Lipinski definition) is 1. The van der Waals surface area contributed by atoms with Crippen LogP contribution in [0, 0.1) is 0 Å². The van der Waals surface area contributed by atoms with Crippen LogP contribution < -0.4 is 10.1 Å². The van der Waals surface area contributed by atoms with Gasteiger partial charge in [-0.15, -0.1) is 0 Å². The number of hydrogen-bond acceptors (Lipinski definition) is 2. The molecule has 0 spiro atoms. The molecule has 0 heterocycles. The van der Waals surface area contributed by atoms with Gasteiger partial charge in [0.1, 0.15) is 0 Å². The second-order valence-corrected chi connectivity index (χ2v) is 5.38. The predicted molar refractivity (Wildman–Crippen MR) is 72.6 cm³/mol. The Morgan fingerprint density at radius 3 is 2.41 bits per heavy atom. The van der Waals surface area contributed by atoms with Crippen LogP contribution in [-0.2, 0) is 0 Å². The van der Waals surface area contributed by atoms with Crippen molar-refractivity contribution >= 4 is 34.8 Å². The molecule has 1 aromatic carbocycles. The van der Waals surface area contributed by atoms with Crippen molar-refractivity contribution in [2.75, 3.05) is 13.2 Å². The summed E-state index contributed by atoms with van der Waals surface area (Å²) in [5.41, 5.74) is 0. The summed E-state index contributed by atoms with van der Waals surface area (Å²) in [5.74, 6) is 0.518. The molecule has 1 fully saturated rings. The van der Waals surface area contributed by atoms with Crippen molar-refractivity contribution in [1.82, 2.24) is 5.32 Å². The molecule has 1 aliphatic carbocycles. The van der Waals surface area contributed by atoms with Crippen LogP contribution in [0.1, 0.15) is 19.3 Å². The second-order valence-electron chi connectivity index (χ2n) is 4.13. The van der Waals surface area contributed by atoms with Crippen molar-refractivity contribution in [2.24, 2.45) is 0 Å². The van der Waals surface area contributed by atoms with Gasteiger partial charge in [0, 0.05) is 11.1 Å². The molecule has 0 radical (unpaired) electrons. The summed E-state index contributed by atoms with van der Waals surface area (Å²) in [6, 6.07) is 4.00. The van der Waals surface area contributed by atoms with E-state index in [1.54, 1.807) is 12.1 Å². The first-order valence-corrected chi connectivity index (χ1v) is 6.81. The van der Waals surface area contributed by atoms with Crippen molar-refractivity contribution in [1.29, 1.82) is 0 Å². The Morgan fingerprint density at radius 2 is 1.82 bits per heavy atom. The largest absolute Gasteiger partial charge is 0.490 e. The van der Waals surface area contributed by atoms with Gasteiger partial charge >= 0.3 is 0 Å². The Labute approximate surface area is 116 Å². The molecule has 0 aromatic heterocycles. The number of nitrogens with one attached hydrogen (secondary N) is 1. The highest BCUT2D eigenvalue weighted by Crippen LogP contribution is 2.35. The van der Waals surface area contributed by atoms with Crippen LogP contribution in [0.3, 0.4) is 0 Å². The van der Waals surface area contributed by atoms with Crippen molar-refractivity contribution in [2.45, 2.75) is 25.3 Å². The van der Waals surface area contributed by atoms with Crippen LogP contribution in [-0.4, -0.2) is 19.2 Å². The van der Waals surface area contributed by atoms with Gasteiger partial charge in [-0.05, 0) is 37.9 Å². The van der Waals surface area contributed by atoms with Gasteiger partial charge in [-0.25, -0.2) is 0 Å². The quantitative estimate of drug-likeness (QED) is 0.795. The van der Waals surface area contributed by atoms with E-state index in [9.17, 15) is 0 Å². The summed E-state index contributed by atoms with van der Waals surface area (Å²) in [6.45, 7) is 1.56. The van der Waals surface area contributed by atoms with Crippen molar-refractivity contribution in [3.8, 4) is 5.75 Å². The monoisotopic (exact) mass is 293 g/mol. The molecule has 1 aromatic rings. The fourth-order valence-corrected chi connectivity index (χ4v) is 2.43. The number of halogens is 3. The van der Waals surface area contributed by atoms with E-state index < -0.39 is 0 Å². The van der Waals surface area contributed by atoms with Crippen molar-refractivity contribution in [3.63, 3.8) is 0 Å². The molecule has 1 saturated carbocycles. The molecule has 94 valence electrons. The Morgan fingerprint density at radius 1 is 1.18 bits per heavy atom. The van der Waals surface area contributed by atoms with E-state index in [1.807, 2.05) is 0 Å². The molecule has 1 aliphatic rings. The molecule has 5 heteroatoms. The Hall–Kier alpha value is -0.150. The lowest BCUT2D eigenvalue weighted by molar-refractivity contribution is 0.308. The third-order valence-electron chi connectivity index (χ3n) is 2.54. The smallest absolute Gasteiger partial charge is 0.156 e. The second kappa shape index (κ2) is 6.14. The van der Waals surface area contributed by atoms with Crippen molar-refractivity contribution < 1.29 is 4.74 Å². The summed E-state index contributed by atoms with van der Waals surface area (Å²) >= 11 is 17.8. The molecule has 0 unspecified atom stereocenters. The predicted octanol–water partition coefficient (Wildman–Crippen LogP) is 4.17. The molecular weight excluding hydrogens is 280 g/mol. The molecule has 0 amide bonds. The van der Waals surface area contributed by atoms with Crippen LogP contribution in [0.4, 0.5) is 0 Å². The van der Waals surface area contributed by atoms with Crippen LogP contribution in [0.2, 0.25) is 15.1 Å². The topological polar surface area (TPSA) is 21.3 Å². The van der Waals surface area contributed by atoms with E-state index in [2.05, 4.69) is 5.32 Å². The average molecular weight is 295 g/mol.